The molecule has 0 aliphatic rings. The van der Waals surface area contributed by atoms with E-state index in [-0.39, 0.29) is 16.4 Å². The minimum atomic E-state index is -4.09. The number of carboxylic acids is 1. The van der Waals surface area contributed by atoms with Crippen molar-refractivity contribution in [2.45, 2.75) is 10.9 Å². The van der Waals surface area contributed by atoms with Crippen molar-refractivity contribution in [1.82, 2.24) is 10.0 Å². The van der Waals surface area contributed by atoms with Gasteiger partial charge in [-0.05, 0) is 24.3 Å². The van der Waals surface area contributed by atoms with Gasteiger partial charge in [0, 0.05) is 12.6 Å². The minimum Gasteiger partial charge on any atom is -0.480 e. The van der Waals surface area contributed by atoms with E-state index in [4.69, 9.17) is 10.2 Å². The topological polar surface area (TPSA) is 133 Å². The average molecular weight is 302 g/mol. The summed E-state index contributed by atoms with van der Waals surface area (Å²) in [5.41, 5.74) is 0.267. The van der Waals surface area contributed by atoms with Gasteiger partial charge in [0.1, 0.15) is 6.04 Å². The molecule has 1 aromatic rings. The molecule has 0 aliphatic heterocycles. The summed E-state index contributed by atoms with van der Waals surface area (Å²) in [5.74, 6) is -1.86. The van der Waals surface area contributed by atoms with Crippen LogP contribution in [-0.4, -0.2) is 50.2 Å². The molecule has 0 radical (unpaired) electrons. The molecule has 0 bridgehead atoms. The van der Waals surface area contributed by atoms with Gasteiger partial charge in [0.25, 0.3) is 5.91 Å². The van der Waals surface area contributed by atoms with Crippen molar-refractivity contribution < 1.29 is 28.2 Å². The van der Waals surface area contributed by atoms with Crippen molar-refractivity contribution in [3.05, 3.63) is 29.8 Å². The highest BCUT2D eigenvalue weighted by atomic mass is 32.2. The number of sulfonamides is 1. The Morgan fingerprint density at radius 3 is 2.20 bits per heavy atom. The first-order chi connectivity index (χ1) is 9.31. The number of aliphatic hydroxyl groups is 1. The van der Waals surface area contributed by atoms with Crippen molar-refractivity contribution >= 4 is 21.9 Å². The van der Waals surface area contributed by atoms with Crippen LogP contribution in [0, 0.1) is 0 Å². The van der Waals surface area contributed by atoms with Crippen LogP contribution in [-0.2, 0) is 14.8 Å². The standard InChI is InChI=1S/C11H14N2O6S/c1-12-10(15)7-2-4-8(5-3-7)20(18,19)13-9(6-14)11(16)17/h2-5,9,13-14H,6H2,1H3,(H,12,15)(H,16,17)/t9-/m1/s1. The number of carbonyl (C=O) groups excluding carboxylic acids is 1. The molecule has 0 aliphatic carbocycles. The Bertz CT molecular complexity index is 596. The minimum absolute atomic E-state index is 0.204. The molecule has 20 heavy (non-hydrogen) atoms. The molecule has 110 valence electrons. The first kappa shape index (κ1) is 16.1. The van der Waals surface area contributed by atoms with Crippen molar-refractivity contribution in [2.75, 3.05) is 13.7 Å². The third-order valence-electron chi connectivity index (χ3n) is 2.43. The average Bonchev–Trinajstić information content (AvgIpc) is 2.43. The lowest BCUT2D eigenvalue weighted by molar-refractivity contribution is -0.139. The number of carboxylic acid groups (broad SMARTS) is 1. The van der Waals surface area contributed by atoms with Gasteiger partial charge < -0.3 is 15.5 Å². The maximum Gasteiger partial charge on any atom is 0.324 e. The smallest absolute Gasteiger partial charge is 0.324 e. The first-order valence-corrected chi connectivity index (χ1v) is 6.98. The van der Waals surface area contributed by atoms with Crippen molar-refractivity contribution in [2.24, 2.45) is 0 Å². The molecular formula is C11H14N2O6S. The lowest BCUT2D eigenvalue weighted by atomic mass is 10.2. The highest BCUT2D eigenvalue weighted by Crippen LogP contribution is 2.11. The molecule has 0 heterocycles. The van der Waals surface area contributed by atoms with Gasteiger partial charge in [0.2, 0.25) is 10.0 Å². The molecule has 0 saturated carbocycles. The number of aliphatic carboxylic acids is 1. The summed E-state index contributed by atoms with van der Waals surface area (Å²) in [6, 6.07) is 3.30. The lowest BCUT2D eigenvalue weighted by Crippen LogP contribution is -2.43. The van der Waals surface area contributed by atoms with Gasteiger partial charge in [-0.2, -0.15) is 4.72 Å². The Morgan fingerprint density at radius 1 is 1.25 bits per heavy atom. The summed E-state index contributed by atoms with van der Waals surface area (Å²) >= 11 is 0. The number of amides is 1. The van der Waals surface area contributed by atoms with Crippen molar-refractivity contribution in [3.63, 3.8) is 0 Å². The third kappa shape index (κ3) is 3.76. The number of nitrogens with one attached hydrogen (secondary N) is 2. The second-order valence-corrected chi connectivity index (χ2v) is 5.51. The molecule has 1 atom stereocenters. The molecule has 1 aromatic carbocycles. The monoisotopic (exact) mass is 302 g/mol. The Labute approximate surface area is 115 Å². The molecule has 0 aromatic heterocycles. The van der Waals surface area contributed by atoms with E-state index in [1.807, 2.05) is 4.72 Å². The number of rotatable bonds is 6. The van der Waals surface area contributed by atoms with Crippen LogP contribution in [0.25, 0.3) is 0 Å². The zero-order valence-corrected chi connectivity index (χ0v) is 11.3. The normalized spacial score (nSPS) is 12.7. The molecule has 1 rings (SSSR count). The van der Waals surface area contributed by atoms with Crippen LogP contribution in [0.4, 0.5) is 0 Å². The van der Waals surface area contributed by atoms with Crippen LogP contribution in [0.3, 0.4) is 0 Å². The van der Waals surface area contributed by atoms with Crippen LogP contribution in [0.2, 0.25) is 0 Å². The zero-order valence-electron chi connectivity index (χ0n) is 10.5. The Kier molecular flexibility index (Phi) is 5.19. The van der Waals surface area contributed by atoms with E-state index in [9.17, 15) is 18.0 Å². The second kappa shape index (κ2) is 6.46. The fourth-order valence-corrected chi connectivity index (χ4v) is 2.53. The van der Waals surface area contributed by atoms with Crippen LogP contribution < -0.4 is 10.0 Å². The fraction of sp³-hybridized carbons (Fsp3) is 0.273. The van der Waals surface area contributed by atoms with Crippen LogP contribution in [0.5, 0.6) is 0 Å². The van der Waals surface area contributed by atoms with Gasteiger partial charge in [0.15, 0.2) is 0 Å². The maximum absolute atomic E-state index is 11.9. The van der Waals surface area contributed by atoms with Gasteiger partial charge in [0.05, 0.1) is 11.5 Å². The molecule has 0 saturated heterocycles. The van der Waals surface area contributed by atoms with Gasteiger partial charge in [-0.3, -0.25) is 9.59 Å². The SMILES string of the molecule is CNC(=O)c1ccc(S(=O)(=O)N[C@H](CO)C(=O)O)cc1. The molecule has 0 spiro atoms. The predicted octanol–water partition coefficient (Wildman–Crippen LogP) is -1.23. The molecule has 0 unspecified atom stereocenters. The van der Waals surface area contributed by atoms with E-state index in [0.717, 1.165) is 0 Å². The van der Waals surface area contributed by atoms with E-state index < -0.39 is 28.6 Å². The first-order valence-electron chi connectivity index (χ1n) is 5.50. The highest BCUT2D eigenvalue weighted by molar-refractivity contribution is 7.89. The quantitative estimate of drug-likeness (QED) is 0.520. The van der Waals surface area contributed by atoms with Crippen LogP contribution in [0.1, 0.15) is 10.4 Å². The summed E-state index contributed by atoms with van der Waals surface area (Å²) in [7, 11) is -2.65. The third-order valence-corrected chi connectivity index (χ3v) is 3.92. The summed E-state index contributed by atoms with van der Waals surface area (Å²) in [6.45, 7) is -0.870. The van der Waals surface area contributed by atoms with Crippen LogP contribution >= 0.6 is 0 Å². The van der Waals surface area contributed by atoms with Gasteiger partial charge >= 0.3 is 5.97 Å². The Balaban J connectivity index is 2.98. The fourth-order valence-electron chi connectivity index (χ4n) is 1.35. The number of benzene rings is 1. The Hall–Kier alpha value is -1.97. The van der Waals surface area contributed by atoms with Crippen molar-refractivity contribution in [1.29, 1.82) is 0 Å². The number of aliphatic hydroxyl groups excluding tert-OH is 1. The van der Waals surface area contributed by atoms with E-state index in [2.05, 4.69) is 5.32 Å². The van der Waals surface area contributed by atoms with Crippen molar-refractivity contribution in [3.8, 4) is 0 Å². The second-order valence-electron chi connectivity index (χ2n) is 3.80. The summed E-state index contributed by atoms with van der Waals surface area (Å²) < 4.78 is 25.6. The zero-order chi connectivity index (χ0) is 15.3. The summed E-state index contributed by atoms with van der Waals surface area (Å²) in [6.07, 6.45) is 0. The molecule has 9 heteroatoms. The molecule has 0 fully saturated rings. The molecular weight excluding hydrogens is 288 g/mol. The largest absolute Gasteiger partial charge is 0.480 e. The van der Waals surface area contributed by atoms with Gasteiger partial charge in [-0.1, -0.05) is 0 Å². The van der Waals surface area contributed by atoms with E-state index in [1.165, 1.54) is 31.3 Å². The van der Waals surface area contributed by atoms with Gasteiger partial charge in [-0.25, -0.2) is 8.42 Å². The Morgan fingerprint density at radius 2 is 1.80 bits per heavy atom. The lowest BCUT2D eigenvalue weighted by Gasteiger charge is -2.12. The molecule has 1 amide bonds. The number of carbonyl (C=O) groups is 2. The van der Waals surface area contributed by atoms with Gasteiger partial charge in [-0.15, -0.1) is 0 Å². The van der Waals surface area contributed by atoms with E-state index in [0.29, 0.717) is 0 Å². The maximum atomic E-state index is 11.9. The molecule has 8 nitrogen and oxygen atoms in total. The summed E-state index contributed by atoms with van der Waals surface area (Å²) in [5, 5.41) is 19.9. The predicted molar refractivity (Wildman–Crippen MR) is 68.7 cm³/mol. The molecule has 4 N–H and O–H groups in total. The van der Waals surface area contributed by atoms with Crippen LogP contribution in [0.15, 0.2) is 29.2 Å². The summed E-state index contributed by atoms with van der Waals surface area (Å²) in [4.78, 5) is 21.8. The highest BCUT2D eigenvalue weighted by Gasteiger charge is 2.24. The number of hydrogen-bond donors (Lipinski definition) is 4. The number of hydrogen-bond acceptors (Lipinski definition) is 5. The van der Waals surface area contributed by atoms with E-state index in [1.54, 1.807) is 0 Å². The van der Waals surface area contributed by atoms with E-state index >= 15 is 0 Å².